The van der Waals surface area contributed by atoms with Crippen LogP contribution in [0.5, 0.6) is 11.5 Å². The van der Waals surface area contributed by atoms with Crippen molar-refractivity contribution in [2.75, 3.05) is 26.3 Å². The van der Waals surface area contributed by atoms with Crippen LogP contribution in [0.4, 0.5) is 0 Å². The van der Waals surface area contributed by atoms with Crippen molar-refractivity contribution < 1.29 is 14.3 Å². The molecule has 2 N–H and O–H groups in total. The fourth-order valence-corrected chi connectivity index (χ4v) is 2.10. The van der Waals surface area contributed by atoms with Crippen LogP contribution in [-0.2, 0) is 4.79 Å². The van der Waals surface area contributed by atoms with Crippen molar-refractivity contribution in [2.24, 2.45) is 5.73 Å². The first-order valence-electron chi connectivity index (χ1n) is 7.08. The highest BCUT2D eigenvalue weighted by Crippen LogP contribution is 2.18. The molecule has 5 heteroatoms. The lowest BCUT2D eigenvalue weighted by atomic mass is 10.3. The van der Waals surface area contributed by atoms with E-state index in [4.69, 9.17) is 15.2 Å². The summed E-state index contributed by atoms with van der Waals surface area (Å²) in [5.74, 6) is 1.48. The fraction of sp³-hybridized carbons (Fsp3) is 0.533. The van der Waals surface area contributed by atoms with Crippen molar-refractivity contribution in [3.05, 3.63) is 24.3 Å². The molecular weight excluding hydrogens is 256 g/mol. The summed E-state index contributed by atoms with van der Waals surface area (Å²) >= 11 is 0. The zero-order chi connectivity index (χ0) is 14.4. The Balaban J connectivity index is 1.77. The third kappa shape index (κ3) is 4.13. The summed E-state index contributed by atoms with van der Waals surface area (Å²) in [7, 11) is 0. The van der Waals surface area contributed by atoms with Crippen LogP contribution in [0.1, 0.15) is 19.8 Å². The standard InChI is InChI=1S/C15H22N2O3/c1-2-9-19-13-3-5-14(6-4-13)20-11-15(18)17-8-7-12(16)10-17/h3-6,12H,2,7-11,16H2,1H3/t12-/m1/s1. The first-order valence-corrected chi connectivity index (χ1v) is 7.08. The van der Waals surface area contributed by atoms with Gasteiger partial charge in [0.15, 0.2) is 6.61 Å². The summed E-state index contributed by atoms with van der Waals surface area (Å²) in [5.41, 5.74) is 5.78. The summed E-state index contributed by atoms with van der Waals surface area (Å²) in [4.78, 5) is 13.6. The van der Waals surface area contributed by atoms with Crippen LogP contribution < -0.4 is 15.2 Å². The van der Waals surface area contributed by atoms with Crippen LogP contribution in [0, 0.1) is 0 Å². The number of carbonyl (C=O) groups excluding carboxylic acids is 1. The Labute approximate surface area is 119 Å². The van der Waals surface area contributed by atoms with Crippen LogP contribution in [-0.4, -0.2) is 43.2 Å². The predicted octanol–water partition coefficient (Wildman–Crippen LogP) is 1.41. The van der Waals surface area contributed by atoms with Crippen LogP contribution in [0.2, 0.25) is 0 Å². The molecule has 1 saturated heterocycles. The molecule has 0 bridgehead atoms. The molecule has 0 aliphatic carbocycles. The van der Waals surface area contributed by atoms with Gasteiger partial charge in [0.1, 0.15) is 11.5 Å². The number of amides is 1. The van der Waals surface area contributed by atoms with Crippen molar-refractivity contribution in [3.8, 4) is 11.5 Å². The number of hydrogen-bond acceptors (Lipinski definition) is 4. The van der Waals surface area contributed by atoms with Crippen molar-refractivity contribution in [2.45, 2.75) is 25.8 Å². The number of nitrogens with zero attached hydrogens (tertiary/aromatic N) is 1. The average molecular weight is 278 g/mol. The molecule has 1 atom stereocenters. The lowest BCUT2D eigenvalue weighted by Crippen LogP contribution is -2.35. The summed E-state index contributed by atoms with van der Waals surface area (Å²) < 4.78 is 11.0. The number of hydrogen-bond donors (Lipinski definition) is 1. The molecule has 1 aliphatic heterocycles. The van der Waals surface area contributed by atoms with E-state index in [-0.39, 0.29) is 18.6 Å². The van der Waals surface area contributed by atoms with E-state index in [0.717, 1.165) is 25.1 Å². The SMILES string of the molecule is CCCOc1ccc(OCC(=O)N2CC[C@@H](N)C2)cc1. The maximum Gasteiger partial charge on any atom is 0.260 e. The Morgan fingerprint density at radius 2 is 1.95 bits per heavy atom. The lowest BCUT2D eigenvalue weighted by molar-refractivity contribution is -0.132. The van der Waals surface area contributed by atoms with E-state index in [2.05, 4.69) is 6.92 Å². The molecule has 1 aliphatic rings. The molecule has 0 spiro atoms. The molecule has 5 nitrogen and oxygen atoms in total. The quantitative estimate of drug-likeness (QED) is 0.854. The second kappa shape index (κ2) is 7.14. The van der Waals surface area contributed by atoms with Gasteiger partial charge in [0, 0.05) is 19.1 Å². The van der Waals surface area contributed by atoms with E-state index < -0.39 is 0 Å². The normalized spacial score (nSPS) is 18.1. The maximum absolute atomic E-state index is 11.9. The van der Waals surface area contributed by atoms with Gasteiger partial charge in [-0.2, -0.15) is 0 Å². The van der Waals surface area contributed by atoms with E-state index in [9.17, 15) is 4.79 Å². The summed E-state index contributed by atoms with van der Waals surface area (Å²) in [6.45, 7) is 4.18. The van der Waals surface area contributed by atoms with Gasteiger partial charge in [0.05, 0.1) is 6.61 Å². The van der Waals surface area contributed by atoms with Crippen LogP contribution in [0.15, 0.2) is 24.3 Å². The number of rotatable bonds is 6. The molecule has 0 aromatic heterocycles. The molecule has 1 aromatic rings. The number of likely N-dealkylation sites (tertiary alicyclic amines) is 1. The fourth-order valence-electron chi connectivity index (χ4n) is 2.10. The molecule has 2 rings (SSSR count). The number of ether oxygens (including phenoxy) is 2. The van der Waals surface area contributed by atoms with E-state index in [1.807, 2.05) is 24.3 Å². The summed E-state index contributed by atoms with van der Waals surface area (Å²) in [6.07, 6.45) is 1.85. The minimum absolute atomic E-state index is 0.00994. The Kier molecular flexibility index (Phi) is 5.24. The largest absolute Gasteiger partial charge is 0.494 e. The van der Waals surface area contributed by atoms with Gasteiger partial charge in [-0.25, -0.2) is 0 Å². The second-order valence-corrected chi connectivity index (χ2v) is 5.00. The minimum atomic E-state index is -0.00994. The van der Waals surface area contributed by atoms with Crippen molar-refractivity contribution in [1.82, 2.24) is 4.90 Å². The van der Waals surface area contributed by atoms with E-state index in [1.165, 1.54) is 0 Å². The second-order valence-electron chi connectivity index (χ2n) is 5.00. The summed E-state index contributed by atoms with van der Waals surface area (Å²) in [5, 5.41) is 0. The molecular formula is C15H22N2O3. The van der Waals surface area contributed by atoms with Gasteiger partial charge in [0.2, 0.25) is 0 Å². The molecule has 0 saturated carbocycles. The van der Waals surface area contributed by atoms with Crippen LogP contribution in [0.3, 0.4) is 0 Å². The van der Waals surface area contributed by atoms with E-state index in [1.54, 1.807) is 4.90 Å². The number of benzene rings is 1. The van der Waals surface area contributed by atoms with Crippen molar-refractivity contribution >= 4 is 5.91 Å². The summed E-state index contributed by atoms with van der Waals surface area (Å²) in [6, 6.07) is 7.43. The minimum Gasteiger partial charge on any atom is -0.494 e. The monoisotopic (exact) mass is 278 g/mol. The van der Waals surface area contributed by atoms with Crippen LogP contribution in [0.25, 0.3) is 0 Å². The zero-order valence-electron chi connectivity index (χ0n) is 11.9. The Morgan fingerprint density at radius 1 is 1.30 bits per heavy atom. The van der Waals surface area contributed by atoms with Gasteiger partial charge in [-0.05, 0) is 37.1 Å². The van der Waals surface area contributed by atoms with Gasteiger partial charge in [0.25, 0.3) is 5.91 Å². The van der Waals surface area contributed by atoms with Gasteiger partial charge in [-0.1, -0.05) is 6.92 Å². The first kappa shape index (κ1) is 14.7. The highest BCUT2D eigenvalue weighted by molar-refractivity contribution is 5.78. The molecule has 0 radical (unpaired) electrons. The maximum atomic E-state index is 11.9. The van der Waals surface area contributed by atoms with Crippen LogP contribution >= 0.6 is 0 Å². The van der Waals surface area contributed by atoms with Gasteiger partial charge in [-0.3, -0.25) is 4.79 Å². The Hall–Kier alpha value is -1.75. The highest BCUT2D eigenvalue weighted by Gasteiger charge is 2.23. The predicted molar refractivity (Wildman–Crippen MR) is 76.9 cm³/mol. The van der Waals surface area contributed by atoms with E-state index in [0.29, 0.717) is 18.9 Å². The molecule has 1 fully saturated rings. The van der Waals surface area contributed by atoms with Crippen molar-refractivity contribution in [1.29, 1.82) is 0 Å². The van der Waals surface area contributed by atoms with Gasteiger partial charge >= 0.3 is 0 Å². The average Bonchev–Trinajstić information content (AvgIpc) is 2.90. The Morgan fingerprint density at radius 3 is 2.50 bits per heavy atom. The molecule has 1 heterocycles. The zero-order valence-corrected chi connectivity index (χ0v) is 11.9. The van der Waals surface area contributed by atoms with Gasteiger partial charge in [-0.15, -0.1) is 0 Å². The lowest BCUT2D eigenvalue weighted by Gasteiger charge is -2.16. The first-order chi connectivity index (χ1) is 9.69. The molecule has 0 unspecified atom stereocenters. The topological polar surface area (TPSA) is 64.8 Å². The van der Waals surface area contributed by atoms with Crippen molar-refractivity contribution in [3.63, 3.8) is 0 Å². The third-order valence-corrected chi connectivity index (χ3v) is 3.24. The number of nitrogens with two attached hydrogens (primary N) is 1. The number of carbonyl (C=O) groups is 1. The molecule has 110 valence electrons. The third-order valence-electron chi connectivity index (χ3n) is 3.24. The molecule has 1 amide bonds. The Bertz CT molecular complexity index is 433. The molecule has 20 heavy (non-hydrogen) atoms. The smallest absolute Gasteiger partial charge is 0.260 e. The van der Waals surface area contributed by atoms with Gasteiger partial charge < -0.3 is 20.1 Å². The van der Waals surface area contributed by atoms with E-state index >= 15 is 0 Å². The molecule has 1 aromatic carbocycles. The highest BCUT2D eigenvalue weighted by atomic mass is 16.5.